The molecule has 0 aliphatic carbocycles. The van der Waals surface area contributed by atoms with Crippen molar-refractivity contribution in [1.82, 2.24) is 4.98 Å². The molecular weight excluding hydrogens is 390 g/mol. The van der Waals surface area contributed by atoms with Crippen LogP contribution in [-0.2, 0) is 4.74 Å². The van der Waals surface area contributed by atoms with Crippen molar-refractivity contribution in [3.05, 3.63) is 34.5 Å². The molecule has 8 heteroatoms. The summed E-state index contributed by atoms with van der Waals surface area (Å²) >= 11 is 4.59. The molecule has 0 atom stereocenters. The van der Waals surface area contributed by atoms with Gasteiger partial charge in [0.05, 0.1) is 17.0 Å². The van der Waals surface area contributed by atoms with Gasteiger partial charge < -0.3 is 14.2 Å². The van der Waals surface area contributed by atoms with Crippen molar-refractivity contribution in [3.63, 3.8) is 0 Å². The number of hydrogen-bond acceptors (Lipinski definition) is 8. The monoisotopic (exact) mass is 405 g/mol. The second-order valence-electron chi connectivity index (χ2n) is 5.40. The molecule has 3 aromatic rings. The Morgan fingerprint density at radius 3 is 2.81 bits per heavy atom. The standard InChI is InChI=1S/C18H15NO4S3/c1-21-17(20)15-8-11(18(24-2)26-15)16-19-12(9-25-16)10-3-4-13-14(7-10)23-6-5-22-13/h3-4,7-9H,5-6H2,1-2H3. The van der Waals surface area contributed by atoms with E-state index in [1.54, 1.807) is 23.1 Å². The van der Waals surface area contributed by atoms with Crippen LogP contribution in [0.5, 0.6) is 11.5 Å². The maximum absolute atomic E-state index is 11.8. The number of carbonyl (C=O) groups excluding carboxylic acids is 1. The normalized spacial score (nSPS) is 12.8. The number of rotatable bonds is 4. The molecule has 0 amide bonds. The second-order valence-corrected chi connectivity index (χ2v) is 8.39. The minimum atomic E-state index is -0.319. The lowest BCUT2D eigenvalue weighted by Gasteiger charge is -2.18. The third-order valence-corrected chi connectivity index (χ3v) is 6.97. The largest absolute Gasteiger partial charge is 0.486 e. The molecule has 26 heavy (non-hydrogen) atoms. The summed E-state index contributed by atoms with van der Waals surface area (Å²) in [5, 5.41) is 2.89. The molecule has 0 saturated heterocycles. The summed E-state index contributed by atoms with van der Waals surface area (Å²) in [6.07, 6.45) is 1.99. The fourth-order valence-electron chi connectivity index (χ4n) is 2.61. The van der Waals surface area contributed by atoms with Crippen LogP contribution in [0.15, 0.2) is 33.9 Å². The van der Waals surface area contributed by atoms with Gasteiger partial charge in [-0.25, -0.2) is 9.78 Å². The van der Waals surface area contributed by atoms with Crippen LogP contribution in [-0.4, -0.2) is 37.5 Å². The topological polar surface area (TPSA) is 57.7 Å². The molecule has 3 heterocycles. The molecule has 0 unspecified atom stereocenters. The van der Waals surface area contributed by atoms with Crippen LogP contribution in [0, 0.1) is 0 Å². The molecule has 4 rings (SSSR count). The summed E-state index contributed by atoms with van der Waals surface area (Å²) in [5.41, 5.74) is 2.82. The minimum absolute atomic E-state index is 0.319. The average Bonchev–Trinajstić information content (AvgIpc) is 3.33. The summed E-state index contributed by atoms with van der Waals surface area (Å²) in [5.74, 6) is 1.19. The quantitative estimate of drug-likeness (QED) is 0.458. The molecule has 0 bridgehead atoms. The zero-order valence-corrected chi connectivity index (χ0v) is 16.6. The van der Waals surface area contributed by atoms with Crippen LogP contribution < -0.4 is 9.47 Å². The number of esters is 1. The van der Waals surface area contributed by atoms with E-state index in [4.69, 9.17) is 19.2 Å². The van der Waals surface area contributed by atoms with Crippen LogP contribution >= 0.6 is 34.4 Å². The van der Waals surface area contributed by atoms with E-state index in [2.05, 4.69) is 0 Å². The van der Waals surface area contributed by atoms with Crippen LogP contribution in [0.4, 0.5) is 0 Å². The van der Waals surface area contributed by atoms with E-state index in [-0.39, 0.29) is 5.97 Å². The highest BCUT2D eigenvalue weighted by Gasteiger charge is 2.19. The molecule has 0 saturated carbocycles. The molecular formula is C18H15NO4S3. The molecule has 1 aliphatic rings. The minimum Gasteiger partial charge on any atom is -0.486 e. The Morgan fingerprint density at radius 1 is 1.23 bits per heavy atom. The lowest BCUT2D eigenvalue weighted by Crippen LogP contribution is -2.15. The number of ether oxygens (including phenoxy) is 3. The zero-order valence-electron chi connectivity index (χ0n) is 14.1. The number of benzene rings is 1. The first-order valence-corrected chi connectivity index (χ1v) is 10.7. The van der Waals surface area contributed by atoms with Crippen molar-refractivity contribution in [2.45, 2.75) is 4.21 Å². The third kappa shape index (κ3) is 3.20. The second kappa shape index (κ2) is 7.30. The van der Waals surface area contributed by atoms with Crippen molar-refractivity contribution in [1.29, 1.82) is 0 Å². The first kappa shape index (κ1) is 17.4. The van der Waals surface area contributed by atoms with Crippen molar-refractivity contribution in [3.8, 4) is 33.3 Å². The SMILES string of the molecule is COC(=O)c1cc(-c2nc(-c3ccc4c(c3)OCCO4)cs2)c(SC)s1. The van der Waals surface area contributed by atoms with Gasteiger partial charge in [0.1, 0.15) is 23.1 Å². The van der Waals surface area contributed by atoms with Crippen molar-refractivity contribution in [2.24, 2.45) is 0 Å². The number of thioether (sulfide) groups is 1. The molecule has 134 valence electrons. The van der Waals surface area contributed by atoms with E-state index in [1.807, 2.05) is 35.9 Å². The molecule has 0 radical (unpaired) electrons. The summed E-state index contributed by atoms with van der Waals surface area (Å²) in [4.78, 5) is 17.2. The highest BCUT2D eigenvalue weighted by molar-refractivity contribution is 8.00. The fraction of sp³-hybridized carbons (Fsp3) is 0.222. The molecule has 1 aliphatic heterocycles. The predicted molar refractivity (Wildman–Crippen MR) is 105 cm³/mol. The maximum atomic E-state index is 11.8. The summed E-state index contributed by atoms with van der Waals surface area (Å²) < 4.78 is 17.1. The van der Waals surface area contributed by atoms with Gasteiger partial charge in [-0.05, 0) is 30.5 Å². The first-order valence-electron chi connectivity index (χ1n) is 7.81. The van der Waals surface area contributed by atoms with Crippen LogP contribution in [0.25, 0.3) is 21.8 Å². The third-order valence-electron chi connectivity index (χ3n) is 3.84. The lowest BCUT2D eigenvalue weighted by atomic mass is 10.1. The van der Waals surface area contributed by atoms with Gasteiger partial charge in [-0.15, -0.1) is 34.4 Å². The van der Waals surface area contributed by atoms with Gasteiger partial charge in [-0.1, -0.05) is 0 Å². The smallest absolute Gasteiger partial charge is 0.348 e. The number of methoxy groups -OCH3 is 1. The van der Waals surface area contributed by atoms with Gasteiger partial charge >= 0.3 is 5.97 Å². The number of thiazole rings is 1. The Balaban J connectivity index is 1.68. The van der Waals surface area contributed by atoms with Crippen LogP contribution in [0.1, 0.15) is 9.67 Å². The van der Waals surface area contributed by atoms with E-state index < -0.39 is 0 Å². The van der Waals surface area contributed by atoms with Gasteiger partial charge in [0.25, 0.3) is 0 Å². The average molecular weight is 406 g/mol. The number of hydrogen-bond donors (Lipinski definition) is 0. The number of fused-ring (bicyclic) bond motifs is 1. The molecule has 2 aromatic heterocycles. The van der Waals surface area contributed by atoms with Crippen LogP contribution in [0.3, 0.4) is 0 Å². The molecule has 0 spiro atoms. The molecule has 1 aromatic carbocycles. The van der Waals surface area contributed by atoms with Crippen molar-refractivity contribution < 1.29 is 19.0 Å². The maximum Gasteiger partial charge on any atom is 0.348 e. The van der Waals surface area contributed by atoms with Gasteiger partial charge in [-0.2, -0.15) is 0 Å². The van der Waals surface area contributed by atoms with Gasteiger partial charge in [0.15, 0.2) is 11.5 Å². The van der Waals surface area contributed by atoms with E-state index in [0.717, 1.165) is 37.5 Å². The molecule has 0 N–H and O–H groups in total. The van der Waals surface area contributed by atoms with E-state index in [0.29, 0.717) is 18.1 Å². The molecule has 5 nitrogen and oxygen atoms in total. The fourth-order valence-corrected chi connectivity index (χ4v) is 5.38. The zero-order chi connectivity index (χ0) is 18.1. The van der Waals surface area contributed by atoms with Crippen molar-refractivity contribution >= 4 is 40.4 Å². The van der Waals surface area contributed by atoms with E-state index >= 15 is 0 Å². The van der Waals surface area contributed by atoms with Gasteiger partial charge in [-0.3, -0.25) is 0 Å². The summed E-state index contributed by atoms with van der Waals surface area (Å²) in [6, 6.07) is 7.70. The Kier molecular flexibility index (Phi) is 4.88. The summed E-state index contributed by atoms with van der Waals surface area (Å²) in [7, 11) is 1.39. The number of nitrogens with zero attached hydrogens (tertiary/aromatic N) is 1. The Bertz CT molecular complexity index is 963. The number of thiophene rings is 1. The first-order chi connectivity index (χ1) is 12.7. The lowest BCUT2D eigenvalue weighted by molar-refractivity contribution is 0.0606. The van der Waals surface area contributed by atoms with Crippen molar-refractivity contribution in [2.75, 3.05) is 26.6 Å². The Hall–Kier alpha value is -2.03. The van der Waals surface area contributed by atoms with Gasteiger partial charge in [0, 0.05) is 16.5 Å². The molecule has 0 fully saturated rings. The van der Waals surface area contributed by atoms with E-state index in [1.165, 1.54) is 18.4 Å². The van der Waals surface area contributed by atoms with Gasteiger partial charge in [0.2, 0.25) is 0 Å². The highest BCUT2D eigenvalue weighted by Crippen LogP contribution is 2.41. The predicted octanol–water partition coefficient (Wildman–Crippen LogP) is 4.82. The Morgan fingerprint density at radius 2 is 2.04 bits per heavy atom. The number of aromatic nitrogens is 1. The van der Waals surface area contributed by atoms with E-state index in [9.17, 15) is 4.79 Å². The number of carbonyl (C=O) groups is 1. The Labute approximate surface area is 162 Å². The van der Waals surface area contributed by atoms with Crippen LogP contribution in [0.2, 0.25) is 0 Å². The summed E-state index contributed by atoms with van der Waals surface area (Å²) in [6.45, 7) is 1.13. The highest BCUT2D eigenvalue weighted by atomic mass is 32.2.